The molecule has 0 aliphatic rings. The maximum absolute atomic E-state index is 13.1. The fraction of sp³-hybridized carbons (Fsp3) is 0.333. The smallest absolute Gasteiger partial charge is 0.143 e. The van der Waals surface area contributed by atoms with Crippen LogP contribution in [-0.2, 0) is 0 Å². The van der Waals surface area contributed by atoms with Crippen molar-refractivity contribution in [1.29, 1.82) is 0 Å². The minimum Gasteiger partial charge on any atom is -0.394 e. The zero-order valence-electron chi connectivity index (χ0n) is 7.52. The van der Waals surface area contributed by atoms with E-state index in [1.807, 2.05) is 0 Å². The van der Waals surface area contributed by atoms with Crippen molar-refractivity contribution in [3.05, 3.63) is 33.6 Å². The summed E-state index contributed by atoms with van der Waals surface area (Å²) < 4.78 is 13.1. The third-order valence-electron chi connectivity index (χ3n) is 1.93. The molecule has 1 rings (SSSR count). The summed E-state index contributed by atoms with van der Waals surface area (Å²) in [6.45, 7) is -0.171. The molecule has 14 heavy (non-hydrogen) atoms. The van der Waals surface area contributed by atoms with E-state index in [9.17, 15) is 4.39 Å². The molecule has 0 saturated carbocycles. The van der Waals surface area contributed by atoms with Crippen LogP contribution in [0.2, 0.25) is 10.0 Å². The van der Waals surface area contributed by atoms with Crippen molar-refractivity contribution in [2.24, 2.45) is 0 Å². The summed E-state index contributed by atoms with van der Waals surface area (Å²) in [5, 5.41) is 12.1. The Hall–Kier alpha value is -0.350. The van der Waals surface area contributed by atoms with E-state index >= 15 is 0 Å². The Morgan fingerprint density at radius 3 is 2.64 bits per heavy atom. The highest BCUT2D eigenvalue weighted by atomic mass is 35.5. The van der Waals surface area contributed by atoms with Gasteiger partial charge in [-0.1, -0.05) is 23.2 Å². The normalized spacial score (nSPS) is 12.9. The van der Waals surface area contributed by atoms with Crippen molar-refractivity contribution in [3.63, 3.8) is 0 Å². The molecular formula is C9H10Cl2FNO. The first-order chi connectivity index (χ1) is 6.60. The number of hydrogen-bond donors (Lipinski definition) is 2. The fourth-order valence-corrected chi connectivity index (χ4v) is 1.63. The standard InChI is InChI=1S/C9H10Cl2FNO/c1-13-8(4-14)6-2-5(10)3-7(12)9(6)11/h2-3,8,13-14H,4H2,1H3/t8-/m1/s1. The number of hydrogen-bond acceptors (Lipinski definition) is 2. The number of aliphatic hydroxyl groups is 1. The van der Waals surface area contributed by atoms with Gasteiger partial charge in [0, 0.05) is 5.02 Å². The van der Waals surface area contributed by atoms with Gasteiger partial charge in [0.05, 0.1) is 17.7 Å². The molecule has 0 bridgehead atoms. The van der Waals surface area contributed by atoms with Crippen LogP contribution in [0.5, 0.6) is 0 Å². The summed E-state index contributed by atoms with van der Waals surface area (Å²) in [6, 6.07) is 2.26. The minimum absolute atomic E-state index is 0.0113. The molecule has 0 saturated heterocycles. The Bertz CT molecular complexity index is 329. The Kier molecular flexibility index (Phi) is 4.13. The van der Waals surface area contributed by atoms with Gasteiger partial charge in [-0.25, -0.2) is 4.39 Å². The van der Waals surface area contributed by atoms with Gasteiger partial charge in [-0.3, -0.25) is 0 Å². The molecule has 1 atom stereocenters. The lowest BCUT2D eigenvalue weighted by Gasteiger charge is -2.15. The van der Waals surface area contributed by atoms with Crippen LogP contribution in [-0.4, -0.2) is 18.8 Å². The Balaban J connectivity index is 3.18. The molecule has 2 N–H and O–H groups in total. The Morgan fingerprint density at radius 1 is 1.50 bits per heavy atom. The second-order valence-electron chi connectivity index (χ2n) is 2.81. The minimum atomic E-state index is -0.581. The molecule has 0 aliphatic carbocycles. The lowest BCUT2D eigenvalue weighted by Crippen LogP contribution is -2.20. The maximum Gasteiger partial charge on any atom is 0.143 e. The first-order valence-electron chi connectivity index (χ1n) is 4.02. The van der Waals surface area contributed by atoms with Crippen LogP contribution in [0.25, 0.3) is 0 Å². The van der Waals surface area contributed by atoms with Crippen LogP contribution in [0.15, 0.2) is 12.1 Å². The van der Waals surface area contributed by atoms with Crippen molar-refractivity contribution >= 4 is 23.2 Å². The molecule has 0 amide bonds. The largest absolute Gasteiger partial charge is 0.394 e. The van der Waals surface area contributed by atoms with E-state index in [0.717, 1.165) is 6.07 Å². The second-order valence-corrected chi connectivity index (χ2v) is 3.63. The quantitative estimate of drug-likeness (QED) is 0.792. The summed E-state index contributed by atoms with van der Waals surface area (Å²) in [7, 11) is 1.65. The maximum atomic E-state index is 13.1. The molecule has 0 radical (unpaired) electrons. The van der Waals surface area contributed by atoms with Crippen molar-refractivity contribution in [2.75, 3.05) is 13.7 Å². The monoisotopic (exact) mass is 237 g/mol. The molecule has 0 heterocycles. The number of halogens is 3. The van der Waals surface area contributed by atoms with Gasteiger partial charge in [0.1, 0.15) is 5.82 Å². The number of nitrogens with one attached hydrogen (secondary N) is 1. The second kappa shape index (κ2) is 4.94. The van der Waals surface area contributed by atoms with Crippen molar-refractivity contribution in [1.82, 2.24) is 5.32 Å². The highest BCUT2D eigenvalue weighted by molar-refractivity contribution is 6.33. The summed E-state index contributed by atoms with van der Waals surface area (Å²) in [5.74, 6) is -0.581. The lowest BCUT2D eigenvalue weighted by atomic mass is 10.1. The number of benzene rings is 1. The zero-order valence-corrected chi connectivity index (χ0v) is 9.03. The third kappa shape index (κ3) is 2.36. The zero-order chi connectivity index (χ0) is 10.7. The van der Waals surface area contributed by atoms with Gasteiger partial charge >= 0.3 is 0 Å². The molecule has 0 unspecified atom stereocenters. The molecule has 0 spiro atoms. The van der Waals surface area contributed by atoms with E-state index in [-0.39, 0.29) is 16.7 Å². The Morgan fingerprint density at radius 2 is 2.14 bits per heavy atom. The highest BCUT2D eigenvalue weighted by Crippen LogP contribution is 2.28. The first-order valence-corrected chi connectivity index (χ1v) is 4.78. The van der Waals surface area contributed by atoms with E-state index in [0.29, 0.717) is 5.56 Å². The van der Waals surface area contributed by atoms with E-state index < -0.39 is 11.9 Å². The van der Waals surface area contributed by atoms with E-state index in [2.05, 4.69) is 5.32 Å². The predicted octanol–water partition coefficient (Wildman–Crippen LogP) is 2.39. The summed E-state index contributed by atoms with van der Waals surface area (Å²) in [6.07, 6.45) is 0. The number of likely N-dealkylation sites (N-methyl/N-ethyl adjacent to an activating group) is 1. The first kappa shape index (κ1) is 11.7. The van der Waals surface area contributed by atoms with Crippen LogP contribution < -0.4 is 5.32 Å². The molecule has 0 aromatic heterocycles. The van der Waals surface area contributed by atoms with Crippen molar-refractivity contribution < 1.29 is 9.50 Å². The van der Waals surface area contributed by atoms with Gasteiger partial charge in [0.2, 0.25) is 0 Å². The van der Waals surface area contributed by atoms with Crippen LogP contribution in [0.4, 0.5) is 4.39 Å². The molecule has 5 heteroatoms. The average Bonchev–Trinajstić information content (AvgIpc) is 2.15. The third-order valence-corrected chi connectivity index (χ3v) is 2.54. The predicted molar refractivity (Wildman–Crippen MR) is 55.3 cm³/mol. The summed E-state index contributed by atoms with van der Waals surface area (Å²) in [4.78, 5) is 0. The molecule has 1 aromatic carbocycles. The van der Waals surface area contributed by atoms with Gasteiger partial charge < -0.3 is 10.4 Å². The van der Waals surface area contributed by atoms with Crippen molar-refractivity contribution in [3.8, 4) is 0 Å². The van der Waals surface area contributed by atoms with Gasteiger partial charge in [-0.05, 0) is 24.7 Å². The average molecular weight is 238 g/mol. The van der Waals surface area contributed by atoms with Crippen LogP contribution in [0, 0.1) is 5.82 Å². The summed E-state index contributed by atoms with van der Waals surface area (Å²) in [5.41, 5.74) is 0.460. The molecular weight excluding hydrogens is 228 g/mol. The molecule has 0 fully saturated rings. The van der Waals surface area contributed by atoms with Crippen LogP contribution in [0.3, 0.4) is 0 Å². The molecule has 2 nitrogen and oxygen atoms in total. The number of rotatable bonds is 3. The van der Waals surface area contributed by atoms with Crippen LogP contribution >= 0.6 is 23.2 Å². The van der Waals surface area contributed by atoms with Gasteiger partial charge in [-0.2, -0.15) is 0 Å². The van der Waals surface area contributed by atoms with Crippen LogP contribution in [0.1, 0.15) is 11.6 Å². The fourth-order valence-electron chi connectivity index (χ4n) is 1.17. The van der Waals surface area contributed by atoms with Gasteiger partial charge in [0.25, 0.3) is 0 Å². The molecule has 0 aliphatic heterocycles. The highest BCUT2D eigenvalue weighted by Gasteiger charge is 2.15. The Labute approximate surface area is 91.6 Å². The lowest BCUT2D eigenvalue weighted by molar-refractivity contribution is 0.251. The summed E-state index contributed by atoms with van der Waals surface area (Å²) >= 11 is 11.4. The van der Waals surface area contributed by atoms with E-state index in [1.165, 1.54) is 6.07 Å². The number of aliphatic hydroxyl groups excluding tert-OH is 1. The SMILES string of the molecule is CN[C@H](CO)c1cc(Cl)cc(F)c1Cl. The van der Waals surface area contributed by atoms with Gasteiger partial charge in [0.15, 0.2) is 0 Å². The van der Waals surface area contributed by atoms with E-state index in [4.69, 9.17) is 28.3 Å². The van der Waals surface area contributed by atoms with Crippen molar-refractivity contribution in [2.45, 2.75) is 6.04 Å². The molecule has 78 valence electrons. The van der Waals surface area contributed by atoms with Gasteiger partial charge in [-0.15, -0.1) is 0 Å². The topological polar surface area (TPSA) is 32.3 Å². The molecule has 1 aromatic rings. The van der Waals surface area contributed by atoms with E-state index in [1.54, 1.807) is 7.05 Å².